The van der Waals surface area contributed by atoms with Crippen LogP contribution in [0.3, 0.4) is 0 Å². The molecule has 1 nitrogen and oxygen atoms in total. The van der Waals surface area contributed by atoms with Crippen molar-refractivity contribution in [1.29, 1.82) is 0 Å². The summed E-state index contributed by atoms with van der Waals surface area (Å²) in [5.74, 6) is 1.75. The van der Waals surface area contributed by atoms with E-state index in [0.717, 1.165) is 18.4 Å². The highest BCUT2D eigenvalue weighted by Gasteiger charge is 2.34. The molecule has 0 spiro atoms. The van der Waals surface area contributed by atoms with Gasteiger partial charge in [0.25, 0.3) is 0 Å². The van der Waals surface area contributed by atoms with Crippen molar-refractivity contribution in [2.45, 2.75) is 46.6 Å². The van der Waals surface area contributed by atoms with Crippen LogP contribution >= 0.6 is 11.3 Å². The van der Waals surface area contributed by atoms with E-state index in [9.17, 15) is 0 Å². The minimum Gasteiger partial charge on any atom is -0.310 e. The molecule has 0 radical (unpaired) electrons. The predicted molar refractivity (Wildman–Crippen MR) is 72.1 cm³/mol. The van der Waals surface area contributed by atoms with Gasteiger partial charge in [0, 0.05) is 15.8 Å². The van der Waals surface area contributed by atoms with E-state index in [1.165, 1.54) is 22.6 Å². The van der Waals surface area contributed by atoms with Crippen molar-refractivity contribution in [2.24, 2.45) is 11.8 Å². The van der Waals surface area contributed by atoms with Crippen molar-refractivity contribution < 1.29 is 0 Å². The Morgan fingerprint density at radius 1 is 1.44 bits per heavy atom. The summed E-state index contributed by atoms with van der Waals surface area (Å²) >= 11 is 1.93. The third kappa shape index (κ3) is 2.49. The van der Waals surface area contributed by atoms with Crippen molar-refractivity contribution in [2.75, 3.05) is 6.54 Å². The van der Waals surface area contributed by atoms with Gasteiger partial charge in [-0.2, -0.15) is 0 Å². The van der Waals surface area contributed by atoms with E-state index in [-0.39, 0.29) is 0 Å². The van der Waals surface area contributed by atoms with Gasteiger partial charge in [-0.05, 0) is 56.7 Å². The van der Waals surface area contributed by atoms with Gasteiger partial charge < -0.3 is 5.32 Å². The van der Waals surface area contributed by atoms with Crippen LogP contribution < -0.4 is 5.32 Å². The van der Waals surface area contributed by atoms with E-state index in [4.69, 9.17) is 0 Å². The summed E-state index contributed by atoms with van der Waals surface area (Å²) in [5, 5.41) is 3.68. The molecule has 0 saturated heterocycles. The second-order valence-electron chi connectivity index (χ2n) is 5.10. The molecule has 1 aliphatic rings. The molecule has 2 heteroatoms. The highest BCUT2D eigenvalue weighted by molar-refractivity contribution is 7.12. The zero-order chi connectivity index (χ0) is 11.7. The largest absolute Gasteiger partial charge is 0.310 e. The number of thiophene rings is 1. The fourth-order valence-electron chi connectivity index (χ4n) is 2.65. The van der Waals surface area contributed by atoms with Crippen LogP contribution in [0.1, 0.15) is 48.0 Å². The van der Waals surface area contributed by atoms with Gasteiger partial charge in [-0.15, -0.1) is 11.3 Å². The van der Waals surface area contributed by atoms with Gasteiger partial charge in [0.2, 0.25) is 0 Å². The Bertz CT molecular complexity index is 352. The molecule has 1 N–H and O–H groups in total. The molecule has 1 fully saturated rings. The van der Waals surface area contributed by atoms with Crippen molar-refractivity contribution in [1.82, 2.24) is 5.32 Å². The average Bonchev–Trinajstić information content (AvgIpc) is 3.01. The number of aryl methyl sites for hydroxylation is 2. The molecule has 0 bridgehead atoms. The Hall–Kier alpha value is -0.340. The number of hydrogen-bond donors (Lipinski definition) is 1. The summed E-state index contributed by atoms with van der Waals surface area (Å²) in [4.78, 5) is 2.94. The first-order chi connectivity index (χ1) is 7.63. The summed E-state index contributed by atoms with van der Waals surface area (Å²) in [6.45, 7) is 10.2. The molecule has 16 heavy (non-hydrogen) atoms. The molecule has 2 rings (SSSR count). The minimum atomic E-state index is 0.572. The molecule has 1 aromatic heterocycles. The van der Waals surface area contributed by atoms with Crippen LogP contribution in [0.25, 0.3) is 0 Å². The molecular weight excluding hydrogens is 214 g/mol. The van der Waals surface area contributed by atoms with E-state index in [0.29, 0.717) is 6.04 Å². The standard InChI is InChI=1S/C14H23NS/c1-5-15-14(10(3)12-6-7-12)13-8-9(2)16-11(13)4/h8,10,12,14-15H,5-7H2,1-4H3. The van der Waals surface area contributed by atoms with Crippen LogP contribution in [0.4, 0.5) is 0 Å². The maximum atomic E-state index is 3.68. The average molecular weight is 237 g/mol. The third-order valence-corrected chi connectivity index (χ3v) is 4.71. The maximum Gasteiger partial charge on any atom is 0.0359 e. The molecule has 0 amide bonds. The van der Waals surface area contributed by atoms with Gasteiger partial charge >= 0.3 is 0 Å². The first-order valence-electron chi connectivity index (χ1n) is 6.43. The van der Waals surface area contributed by atoms with Gasteiger partial charge in [-0.1, -0.05) is 13.8 Å². The van der Waals surface area contributed by atoms with Crippen molar-refractivity contribution in [3.05, 3.63) is 21.4 Å². The Balaban J connectivity index is 2.20. The van der Waals surface area contributed by atoms with E-state index in [1.807, 2.05) is 11.3 Å². The maximum absolute atomic E-state index is 3.68. The van der Waals surface area contributed by atoms with E-state index >= 15 is 0 Å². The zero-order valence-corrected chi connectivity index (χ0v) is 11.7. The topological polar surface area (TPSA) is 12.0 Å². The van der Waals surface area contributed by atoms with Crippen LogP contribution in [-0.4, -0.2) is 6.54 Å². The lowest BCUT2D eigenvalue weighted by molar-refractivity contribution is 0.355. The first kappa shape index (κ1) is 12.1. The van der Waals surface area contributed by atoms with Gasteiger partial charge in [0.1, 0.15) is 0 Å². The lowest BCUT2D eigenvalue weighted by atomic mass is 9.91. The zero-order valence-electron chi connectivity index (χ0n) is 10.8. The molecule has 0 aromatic carbocycles. The molecule has 1 aromatic rings. The molecule has 0 aliphatic heterocycles. The van der Waals surface area contributed by atoms with Gasteiger partial charge in [-0.25, -0.2) is 0 Å². The highest BCUT2D eigenvalue weighted by Crippen LogP contribution is 2.44. The fourth-order valence-corrected chi connectivity index (χ4v) is 3.63. The van der Waals surface area contributed by atoms with Crippen LogP contribution in [0.2, 0.25) is 0 Å². The lowest BCUT2D eigenvalue weighted by Gasteiger charge is -2.25. The summed E-state index contributed by atoms with van der Waals surface area (Å²) < 4.78 is 0. The summed E-state index contributed by atoms with van der Waals surface area (Å²) in [6, 6.07) is 2.95. The van der Waals surface area contributed by atoms with Gasteiger partial charge in [0.05, 0.1) is 0 Å². The van der Waals surface area contributed by atoms with E-state index in [2.05, 4.69) is 39.1 Å². The van der Waals surface area contributed by atoms with Crippen molar-refractivity contribution in [3.63, 3.8) is 0 Å². The van der Waals surface area contributed by atoms with E-state index in [1.54, 1.807) is 5.56 Å². The second kappa shape index (κ2) is 4.89. The lowest BCUT2D eigenvalue weighted by Crippen LogP contribution is -2.28. The Kier molecular flexibility index (Phi) is 3.70. The fraction of sp³-hybridized carbons (Fsp3) is 0.714. The minimum absolute atomic E-state index is 0.572. The van der Waals surface area contributed by atoms with Crippen LogP contribution in [-0.2, 0) is 0 Å². The van der Waals surface area contributed by atoms with Gasteiger partial charge in [0.15, 0.2) is 0 Å². The van der Waals surface area contributed by atoms with E-state index < -0.39 is 0 Å². The molecule has 2 unspecified atom stereocenters. The molecule has 1 heterocycles. The monoisotopic (exact) mass is 237 g/mol. The normalized spacial score (nSPS) is 19.8. The van der Waals surface area contributed by atoms with Crippen molar-refractivity contribution >= 4 is 11.3 Å². The summed E-state index contributed by atoms with van der Waals surface area (Å²) in [7, 11) is 0. The predicted octanol–water partition coefficient (Wildman–Crippen LogP) is 4.06. The first-order valence-corrected chi connectivity index (χ1v) is 7.25. The third-order valence-electron chi connectivity index (χ3n) is 3.73. The molecule has 90 valence electrons. The Labute approximate surface area is 103 Å². The summed E-state index contributed by atoms with van der Waals surface area (Å²) in [5.41, 5.74) is 1.55. The number of rotatable bonds is 5. The Morgan fingerprint density at radius 3 is 2.56 bits per heavy atom. The molecule has 1 aliphatic carbocycles. The Morgan fingerprint density at radius 2 is 2.12 bits per heavy atom. The SMILES string of the molecule is CCNC(c1cc(C)sc1C)C(C)C1CC1. The van der Waals surface area contributed by atoms with Gasteiger partial charge in [-0.3, -0.25) is 0 Å². The highest BCUT2D eigenvalue weighted by atomic mass is 32.1. The quantitative estimate of drug-likeness (QED) is 0.814. The smallest absolute Gasteiger partial charge is 0.0359 e. The second-order valence-corrected chi connectivity index (χ2v) is 6.56. The summed E-state index contributed by atoms with van der Waals surface area (Å²) in [6.07, 6.45) is 2.87. The number of nitrogens with one attached hydrogen (secondary N) is 1. The molecule has 1 saturated carbocycles. The van der Waals surface area contributed by atoms with Crippen LogP contribution in [0.15, 0.2) is 6.07 Å². The van der Waals surface area contributed by atoms with Crippen molar-refractivity contribution in [3.8, 4) is 0 Å². The van der Waals surface area contributed by atoms with Crippen LogP contribution in [0, 0.1) is 25.7 Å². The number of hydrogen-bond acceptors (Lipinski definition) is 2. The van der Waals surface area contributed by atoms with Crippen LogP contribution in [0.5, 0.6) is 0 Å². The molecular formula is C14H23NS. The molecule has 2 atom stereocenters.